The Hall–Kier alpha value is -0.640. The van der Waals surface area contributed by atoms with Crippen LogP contribution in [0.1, 0.15) is 73.6 Å². The SMILES string of the molecule is CC1(C)CC(Nc2nc(C(C)(C)C)ns2)CC(C)(C)C1. The van der Waals surface area contributed by atoms with Crippen LogP contribution in [0.15, 0.2) is 0 Å². The van der Waals surface area contributed by atoms with Crippen molar-refractivity contribution in [3.8, 4) is 0 Å². The van der Waals surface area contributed by atoms with Gasteiger partial charge in [-0.25, -0.2) is 4.98 Å². The van der Waals surface area contributed by atoms with E-state index in [2.05, 4.69) is 63.1 Å². The van der Waals surface area contributed by atoms with Crippen LogP contribution >= 0.6 is 11.5 Å². The first-order chi connectivity index (χ1) is 8.97. The topological polar surface area (TPSA) is 37.8 Å². The number of hydrogen-bond donors (Lipinski definition) is 1. The van der Waals surface area contributed by atoms with E-state index in [0.717, 1.165) is 11.0 Å². The summed E-state index contributed by atoms with van der Waals surface area (Å²) in [4.78, 5) is 4.67. The third-order valence-corrected chi connectivity index (χ3v) is 4.63. The van der Waals surface area contributed by atoms with Crippen LogP contribution in [-0.2, 0) is 5.41 Å². The molecule has 114 valence electrons. The zero-order chi connectivity index (χ0) is 15.2. The molecule has 0 spiro atoms. The highest BCUT2D eigenvalue weighted by Crippen LogP contribution is 2.46. The molecule has 1 N–H and O–H groups in total. The maximum atomic E-state index is 4.67. The molecular weight excluding hydrogens is 266 g/mol. The Morgan fingerprint density at radius 1 is 1.10 bits per heavy atom. The van der Waals surface area contributed by atoms with Gasteiger partial charge in [0, 0.05) is 23.0 Å². The van der Waals surface area contributed by atoms with Gasteiger partial charge in [-0.05, 0) is 30.1 Å². The number of nitrogens with one attached hydrogen (secondary N) is 1. The summed E-state index contributed by atoms with van der Waals surface area (Å²) >= 11 is 1.50. The lowest BCUT2D eigenvalue weighted by atomic mass is 9.63. The minimum absolute atomic E-state index is 0.0293. The number of hydrogen-bond acceptors (Lipinski definition) is 4. The van der Waals surface area contributed by atoms with Gasteiger partial charge in [-0.15, -0.1) is 0 Å². The Morgan fingerprint density at radius 3 is 2.10 bits per heavy atom. The molecule has 1 aliphatic carbocycles. The van der Waals surface area contributed by atoms with E-state index in [0.29, 0.717) is 16.9 Å². The third kappa shape index (κ3) is 3.94. The molecule has 1 aromatic rings. The second-order valence-corrected chi connectivity index (χ2v) is 9.68. The molecule has 3 nitrogen and oxygen atoms in total. The maximum absolute atomic E-state index is 4.67. The molecule has 0 bridgehead atoms. The Balaban J connectivity index is 2.08. The van der Waals surface area contributed by atoms with Crippen molar-refractivity contribution in [2.45, 2.75) is 79.2 Å². The smallest absolute Gasteiger partial charge is 0.202 e. The Kier molecular flexibility index (Phi) is 3.91. The van der Waals surface area contributed by atoms with E-state index in [4.69, 9.17) is 0 Å². The highest BCUT2D eigenvalue weighted by atomic mass is 32.1. The lowest BCUT2D eigenvalue weighted by Crippen LogP contribution is -2.40. The second-order valence-electron chi connectivity index (χ2n) is 8.93. The molecule has 1 heterocycles. The molecule has 20 heavy (non-hydrogen) atoms. The van der Waals surface area contributed by atoms with Gasteiger partial charge in [0.25, 0.3) is 0 Å². The van der Waals surface area contributed by atoms with Crippen molar-refractivity contribution >= 4 is 16.7 Å². The fraction of sp³-hybridized carbons (Fsp3) is 0.875. The van der Waals surface area contributed by atoms with Gasteiger partial charge in [-0.3, -0.25) is 0 Å². The van der Waals surface area contributed by atoms with E-state index < -0.39 is 0 Å². The van der Waals surface area contributed by atoms with Crippen LogP contribution in [0.5, 0.6) is 0 Å². The molecule has 0 aromatic carbocycles. The van der Waals surface area contributed by atoms with Gasteiger partial charge in [0.15, 0.2) is 0 Å². The molecule has 0 radical (unpaired) electrons. The van der Waals surface area contributed by atoms with Gasteiger partial charge in [0.05, 0.1) is 0 Å². The minimum atomic E-state index is 0.0293. The molecule has 0 atom stereocenters. The van der Waals surface area contributed by atoms with Gasteiger partial charge in [0.2, 0.25) is 5.13 Å². The lowest BCUT2D eigenvalue weighted by Gasteiger charge is -2.45. The van der Waals surface area contributed by atoms with E-state index in [9.17, 15) is 0 Å². The average molecular weight is 295 g/mol. The first-order valence-corrected chi connectivity index (χ1v) is 8.35. The maximum Gasteiger partial charge on any atom is 0.202 e. The summed E-state index contributed by atoms with van der Waals surface area (Å²) in [5.74, 6) is 0.944. The predicted octanol–water partition coefficient (Wildman–Crippen LogP) is 4.85. The van der Waals surface area contributed by atoms with Crippen molar-refractivity contribution < 1.29 is 0 Å². The first-order valence-electron chi connectivity index (χ1n) is 7.58. The van der Waals surface area contributed by atoms with E-state index in [1.165, 1.54) is 30.8 Å². The Morgan fingerprint density at radius 2 is 1.65 bits per heavy atom. The molecular formula is C16H29N3S. The summed E-state index contributed by atoms with van der Waals surface area (Å²) in [6.45, 7) is 16.0. The molecule has 0 unspecified atom stereocenters. The third-order valence-electron chi connectivity index (χ3n) is 3.98. The number of rotatable bonds is 2. The standard InChI is InChI=1S/C16H29N3S/c1-14(2,3)12-18-13(20-19-12)17-11-8-15(4,5)10-16(6,7)9-11/h11H,8-10H2,1-7H3,(H,17,18,19). The van der Waals surface area contributed by atoms with Crippen molar-refractivity contribution in [1.82, 2.24) is 9.36 Å². The van der Waals surface area contributed by atoms with E-state index in [1.807, 2.05) is 0 Å². The first kappa shape index (κ1) is 15.7. The number of nitrogens with zero attached hydrogens (tertiary/aromatic N) is 2. The molecule has 0 saturated heterocycles. The molecule has 0 amide bonds. The Labute approximate surface area is 127 Å². The van der Waals surface area contributed by atoms with Crippen LogP contribution in [0.2, 0.25) is 0 Å². The van der Waals surface area contributed by atoms with Crippen LogP contribution < -0.4 is 5.32 Å². The van der Waals surface area contributed by atoms with Gasteiger partial charge in [0.1, 0.15) is 5.82 Å². The van der Waals surface area contributed by atoms with Crippen LogP contribution in [0, 0.1) is 10.8 Å². The van der Waals surface area contributed by atoms with Gasteiger partial charge in [-0.1, -0.05) is 48.5 Å². The second kappa shape index (κ2) is 4.97. The summed E-state index contributed by atoms with van der Waals surface area (Å²) in [6.07, 6.45) is 3.71. The summed E-state index contributed by atoms with van der Waals surface area (Å²) in [5.41, 5.74) is 0.829. The van der Waals surface area contributed by atoms with Gasteiger partial charge < -0.3 is 5.32 Å². The molecule has 1 aliphatic rings. The Bertz CT molecular complexity index is 452. The molecule has 4 heteroatoms. The predicted molar refractivity (Wildman–Crippen MR) is 87.4 cm³/mol. The van der Waals surface area contributed by atoms with Crippen LogP contribution in [0.3, 0.4) is 0 Å². The summed E-state index contributed by atoms with van der Waals surface area (Å²) in [6, 6.07) is 0.509. The summed E-state index contributed by atoms with van der Waals surface area (Å²) in [5, 5.41) is 4.61. The average Bonchev–Trinajstić information content (AvgIpc) is 2.59. The van der Waals surface area contributed by atoms with Crippen LogP contribution in [0.4, 0.5) is 5.13 Å². The zero-order valence-corrected chi connectivity index (χ0v) is 14.8. The van der Waals surface area contributed by atoms with Crippen molar-refractivity contribution in [1.29, 1.82) is 0 Å². The van der Waals surface area contributed by atoms with Crippen molar-refractivity contribution in [2.75, 3.05) is 5.32 Å². The number of anilines is 1. The van der Waals surface area contributed by atoms with Crippen LogP contribution in [0.25, 0.3) is 0 Å². The van der Waals surface area contributed by atoms with Crippen molar-refractivity contribution in [3.05, 3.63) is 5.82 Å². The summed E-state index contributed by atoms with van der Waals surface area (Å²) in [7, 11) is 0. The highest BCUT2D eigenvalue weighted by molar-refractivity contribution is 7.09. The highest BCUT2D eigenvalue weighted by Gasteiger charge is 2.38. The fourth-order valence-corrected chi connectivity index (χ4v) is 4.54. The molecule has 1 aromatic heterocycles. The lowest BCUT2D eigenvalue weighted by molar-refractivity contribution is 0.105. The van der Waals surface area contributed by atoms with E-state index in [1.54, 1.807) is 0 Å². The largest absolute Gasteiger partial charge is 0.358 e. The summed E-state index contributed by atoms with van der Waals surface area (Å²) < 4.78 is 4.49. The van der Waals surface area contributed by atoms with Crippen molar-refractivity contribution in [3.63, 3.8) is 0 Å². The van der Waals surface area contributed by atoms with Crippen molar-refractivity contribution in [2.24, 2.45) is 10.8 Å². The van der Waals surface area contributed by atoms with E-state index in [-0.39, 0.29) is 5.41 Å². The monoisotopic (exact) mass is 295 g/mol. The van der Waals surface area contributed by atoms with E-state index >= 15 is 0 Å². The fourth-order valence-electron chi connectivity index (χ4n) is 3.71. The minimum Gasteiger partial charge on any atom is -0.358 e. The normalized spacial score (nSPS) is 22.8. The molecule has 0 aliphatic heterocycles. The van der Waals surface area contributed by atoms with Crippen LogP contribution in [-0.4, -0.2) is 15.4 Å². The molecule has 2 rings (SSSR count). The molecule has 1 fully saturated rings. The zero-order valence-electron chi connectivity index (χ0n) is 14.0. The quantitative estimate of drug-likeness (QED) is 0.847. The number of aromatic nitrogens is 2. The molecule has 1 saturated carbocycles. The van der Waals surface area contributed by atoms with Gasteiger partial charge >= 0.3 is 0 Å². The van der Waals surface area contributed by atoms with Gasteiger partial charge in [-0.2, -0.15) is 4.37 Å².